The molecule has 1 aromatic rings. The number of carboxylic acids is 1. The van der Waals surface area contributed by atoms with Gasteiger partial charge in [0.05, 0.1) is 0 Å². The van der Waals surface area contributed by atoms with Gasteiger partial charge in [-0.3, -0.25) is 4.79 Å². The first kappa shape index (κ1) is 12.4. The second kappa shape index (κ2) is 4.69. The molecule has 0 unspecified atom stereocenters. The molecule has 92 valence electrons. The van der Waals surface area contributed by atoms with E-state index in [1.165, 1.54) is 23.9 Å². The summed E-state index contributed by atoms with van der Waals surface area (Å²) in [6.07, 6.45) is 3.31. The topological polar surface area (TPSA) is 37.3 Å². The van der Waals surface area contributed by atoms with Crippen LogP contribution < -0.4 is 0 Å². The van der Waals surface area contributed by atoms with Gasteiger partial charge in [-0.15, -0.1) is 11.8 Å². The Morgan fingerprint density at radius 3 is 2.59 bits per heavy atom. The van der Waals surface area contributed by atoms with Gasteiger partial charge in [-0.05, 0) is 43.5 Å². The van der Waals surface area contributed by atoms with Crippen LogP contribution in [0.5, 0.6) is 0 Å². The fourth-order valence-electron chi connectivity index (χ4n) is 2.24. The zero-order chi connectivity index (χ0) is 12.5. The van der Waals surface area contributed by atoms with Gasteiger partial charge in [0.2, 0.25) is 0 Å². The predicted octanol–water partition coefficient (Wildman–Crippen LogP) is 3.62. The average Bonchev–Trinajstić information content (AvgIpc) is 2.72. The van der Waals surface area contributed by atoms with E-state index >= 15 is 0 Å². The van der Waals surface area contributed by atoms with Crippen LogP contribution in [0.4, 0.5) is 4.39 Å². The molecular weight excluding hydrogens is 239 g/mol. The van der Waals surface area contributed by atoms with Gasteiger partial charge in [-0.1, -0.05) is 12.8 Å². The molecule has 0 atom stereocenters. The first-order chi connectivity index (χ1) is 8.03. The number of carbonyl (C=O) groups is 1. The van der Waals surface area contributed by atoms with Gasteiger partial charge >= 0.3 is 5.97 Å². The van der Waals surface area contributed by atoms with Crippen molar-refractivity contribution in [1.82, 2.24) is 0 Å². The van der Waals surface area contributed by atoms with Crippen LogP contribution in [0.25, 0.3) is 0 Å². The van der Waals surface area contributed by atoms with E-state index in [9.17, 15) is 14.3 Å². The maximum absolute atomic E-state index is 13.0. The van der Waals surface area contributed by atoms with Crippen LogP contribution in [0, 0.1) is 12.7 Å². The minimum absolute atomic E-state index is 0.275. The summed E-state index contributed by atoms with van der Waals surface area (Å²) in [4.78, 5) is 12.3. The van der Waals surface area contributed by atoms with Crippen LogP contribution in [0.2, 0.25) is 0 Å². The Hall–Kier alpha value is -1.03. The lowest BCUT2D eigenvalue weighted by atomic mass is 10.1. The molecule has 2 nitrogen and oxygen atoms in total. The highest BCUT2D eigenvalue weighted by Gasteiger charge is 2.42. The summed E-state index contributed by atoms with van der Waals surface area (Å²) in [5.41, 5.74) is 0.808. The van der Waals surface area contributed by atoms with Crippen molar-refractivity contribution in [2.24, 2.45) is 0 Å². The van der Waals surface area contributed by atoms with E-state index in [0.29, 0.717) is 12.8 Å². The first-order valence-corrected chi connectivity index (χ1v) is 6.54. The van der Waals surface area contributed by atoms with Crippen LogP contribution in [-0.2, 0) is 4.79 Å². The standard InChI is InChI=1S/C13H15FO2S/c1-9-8-10(14)4-5-11(9)17-13(12(15)16)6-2-3-7-13/h4-5,8H,2-3,6-7H2,1H3,(H,15,16). The van der Waals surface area contributed by atoms with Crippen LogP contribution in [-0.4, -0.2) is 15.8 Å². The van der Waals surface area contributed by atoms with Crippen molar-refractivity contribution in [1.29, 1.82) is 0 Å². The molecule has 1 aliphatic carbocycles. The predicted molar refractivity (Wildman–Crippen MR) is 65.8 cm³/mol. The molecule has 1 aromatic carbocycles. The van der Waals surface area contributed by atoms with Crippen molar-refractivity contribution in [3.8, 4) is 0 Å². The molecule has 2 rings (SSSR count). The molecular formula is C13H15FO2S. The van der Waals surface area contributed by atoms with E-state index in [-0.39, 0.29) is 5.82 Å². The van der Waals surface area contributed by atoms with E-state index in [1.807, 2.05) is 6.92 Å². The summed E-state index contributed by atoms with van der Waals surface area (Å²) in [6.45, 7) is 1.82. The largest absolute Gasteiger partial charge is 0.480 e. The molecule has 0 aromatic heterocycles. The quantitative estimate of drug-likeness (QED) is 0.895. The zero-order valence-corrected chi connectivity index (χ0v) is 10.5. The lowest BCUT2D eigenvalue weighted by Crippen LogP contribution is -2.31. The van der Waals surface area contributed by atoms with Gasteiger partial charge in [0.15, 0.2) is 0 Å². The Kier molecular flexibility index (Phi) is 3.43. The fourth-order valence-corrected chi connectivity index (χ4v) is 3.60. The van der Waals surface area contributed by atoms with Crippen LogP contribution >= 0.6 is 11.8 Å². The Bertz CT molecular complexity index is 439. The molecule has 0 spiro atoms. The van der Waals surface area contributed by atoms with E-state index in [4.69, 9.17) is 0 Å². The van der Waals surface area contributed by atoms with Crippen molar-refractivity contribution < 1.29 is 14.3 Å². The monoisotopic (exact) mass is 254 g/mol. The number of halogens is 1. The molecule has 4 heteroatoms. The second-order valence-electron chi connectivity index (χ2n) is 4.52. The summed E-state index contributed by atoms with van der Waals surface area (Å²) >= 11 is 1.38. The van der Waals surface area contributed by atoms with E-state index in [2.05, 4.69) is 0 Å². The van der Waals surface area contributed by atoms with Crippen LogP contribution in [0.15, 0.2) is 23.1 Å². The van der Waals surface area contributed by atoms with E-state index in [0.717, 1.165) is 23.3 Å². The number of thioether (sulfide) groups is 1. The number of carboxylic acid groups (broad SMARTS) is 1. The lowest BCUT2D eigenvalue weighted by Gasteiger charge is -2.23. The highest BCUT2D eigenvalue weighted by Crippen LogP contribution is 2.46. The maximum Gasteiger partial charge on any atom is 0.320 e. The van der Waals surface area contributed by atoms with E-state index < -0.39 is 10.7 Å². The van der Waals surface area contributed by atoms with Crippen LogP contribution in [0.1, 0.15) is 31.2 Å². The highest BCUT2D eigenvalue weighted by atomic mass is 32.2. The average molecular weight is 254 g/mol. The smallest absolute Gasteiger partial charge is 0.320 e. The Balaban J connectivity index is 2.26. The van der Waals surface area contributed by atoms with Crippen LogP contribution in [0.3, 0.4) is 0 Å². The SMILES string of the molecule is Cc1cc(F)ccc1SC1(C(=O)O)CCCC1. The van der Waals surface area contributed by atoms with Crippen molar-refractivity contribution in [3.05, 3.63) is 29.6 Å². The number of benzene rings is 1. The van der Waals surface area contributed by atoms with Gasteiger partial charge < -0.3 is 5.11 Å². The number of aryl methyl sites for hydroxylation is 1. The molecule has 1 N–H and O–H groups in total. The summed E-state index contributed by atoms with van der Waals surface area (Å²) in [5.74, 6) is -1.02. The maximum atomic E-state index is 13.0. The minimum Gasteiger partial charge on any atom is -0.480 e. The highest BCUT2D eigenvalue weighted by molar-refractivity contribution is 8.01. The van der Waals surface area contributed by atoms with Gasteiger partial charge in [-0.25, -0.2) is 4.39 Å². The number of aliphatic carboxylic acids is 1. The molecule has 0 radical (unpaired) electrons. The summed E-state index contributed by atoms with van der Waals surface area (Å²) in [5, 5.41) is 9.38. The van der Waals surface area contributed by atoms with Crippen molar-refractivity contribution in [3.63, 3.8) is 0 Å². The Morgan fingerprint density at radius 1 is 1.41 bits per heavy atom. The molecule has 17 heavy (non-hydrogen) atoms. The molecule has 1 aliphatic rings. The molecule has 0 saturated heterocycles. The van der Waals surface area contributed by atoms with Crippen molar-refractivity contribution >= 4 is 17.7 Å². The molecule has 0 aliphatic heterocycles. The van der Waals surface area contributed by atoms with E-state index in [1.54, 1.807) is 6.07 Å². The number of hydrogen-bond donors (Lipinski definition) is 1. The third-order valence-corrected chi connectivity index (χ3v) is 4.89. The first-order valence-electron chi connectivity index (χ1n) is 5.72. The molecule has 0 bridgehead atoms. The zero-order valence-electron chi connectivity index (χ0n) is 9.70. The Morgan fingerprint density at radius 2 is 2.06 bits per heavy atom. The van der Waals surface area contributed by atoms with Gasteiger partial charge in [-0.2, -0.15) is 0 Å². The number of rotatable bonds is 3. The van der Waals surface area contributed by atoms with Gasteiger partial charge in [0.25, 0.3) is 0 Å². The lowest BCUT2D eigenvalue weighted by molar-refractivity contribution is -0.139. The summed E-state index contributed by atoms with van der Waals surface area (Å²) < 4.78 is 12.3. The number of hydrogen-bond acceptors (Lipinski definition) is 2. The third kappa shape index (κ3) is 2.46. The minimum atomic E-state index is -0.747. The second-order valence-corrected chi connectivity index (χ2v) is 5.94. The normalized spacial score (nSPS) is 18.2. The molecule has 0 amide bonds. The molecule has 1 saturated carbocycles. The summed E-state index contributed by atoms with van der Waals surface area (Å²) in [6, 6.07) is 4.52. The molecule has 0 heterocycles. The summed E-state index contributed by atoms with van der Waals surface area (Å²) in [7, 11) is 0. The van der Waals surface area contributed by atoms with Gasteiger partial charge in [0, 0.05) is 4.90 Å². The van der Waals surface area contributed by atoms with Crippen molar-refractivity contribution in [2.45, 2.75) is 42.2 Å². The van der Waals surface area contributed by atoms with Crippen molar-refractivity contribution in [2.75, 3.05) is 0 Å². The van der Waals surface area contributed by atoms with Gasteiger partial charge in [0.1, 0.15) is 10.6 Å². The third-order valence-electron chi connectivity index (χ3n) is 3.24. The fraction of sp³-hybridized carbons (Fsp3) is 0.462. The Labute approximate surface area is 104 Å². The molecule has 1 fully saturated rings.